The Balaban J connectivity index is 2.50. The van der Waals surface area contributed by atoms with Crippen LogP contribution in [-0.4, -0.2) is 24.2 Å². The highest BCUT2D eigenvalue weighted by molar-refractivity contribution is 7.89. The van der Waals surface area contributed by atoms with Gasteiger partial charge in [-0.3, -0.25) is 10.1 Å². The molecule has 0 unspecified atom stereocenters. The summed E-state index contributed by atoms with van der Waals surface area (Å²) in [6, 6.07) is 7.15. The molecule has 1 aromatic carbocycles. The smallest absolute Gasteiger partial charge is 0.289 e. The van der Waals surface area contributed by atoms with Crippen LogP contribution in [0.25, 0.3) is 0 Å². The molecule has 0 atom stereocenters. The van der Waals surface area contributed by atoms with Gasteiger partial charge in [-0.1, -0.05) is 12.0 Å². The SMILES string of the molecule is C#CCN(Cc1ccco1)S(=O)(=O)c1ccc(C)cc1[N+](=O)[O-]. The van der Waals surface area contributed by atoms with E-state index in [9.17, 15) is 18.5 Å². The molecule has 0 radical (unpaired) electrons. The first-order valence-electron chi connectivity index (χ1n) is 6.57. The molecular formula is C15H14N2O5S. The van der Waals surface area contributed by atoms with Crippen LogP contribution in [0.15, 0.2) is 45.9 Å². The van der Waals surface area contributed by atoms with Crippen molar-refractivity contribution in [3.8, 4) is 12.3 Å². The summed E-state index contributed by atoms with van der Waals surface area (Å²) in [6.07, 6.45) is 6.64. The van der Waals surface area contributed by atoms with E-state index >= 15 is 0 Å². The van der Waals surface area contributed by atoms with Gasteiger partial charge in [0, 0.05) is 6.07 Å². The third-order valence-electron chi connectivity index (χ3n) is 3.11. The molecule has 0 fully saturated rings. The quantitative estimate of drug-likeness (QED) is 0.459. The van der Waals surface area contributed by atoms with Crippen molar-refractivity contribution >= 4 is 15.7 Å². The highest BCUT2D eigenvalue weighted by atomic mass is 32.2. The van der Waals surface area contributed by atoms with E-state index in [4.69, 9.17) is 10.8 Å². The lowest BCUT2D eigenvalue weighted by molar-refractivity contribution is -0.387. The van der Waals surface area contributed by atoms with E-state index in [2.05, 4.69) is 5.92 Å². The second kappa shape index (κ2) is 6.64. The van der Waals surface area contributed by atoms with Crippen LogP contribution in [-0.2, 0) is 16.6 Å². The highest BCUT2D eigenvalue weighted by Crippen LogP contribution is 2.28. The Labute approximate surface area is 133 Å². The molecule has 0 spiro atoms. The van der Waals surface area contributed by atoms with Gasteiger partial charge in [-0.2, -0.15) is 4.31 Å². The fourth-order valence-corrected chi connectivity index (χ4v) is 3.49. The first-order valence-corrected chi connectivity index (χ1v) is 8.01. The second-order valence-electron chi connectivity index (χ2n) is 4.78. The number of hydrogen-bond donors (Lipinski definition) is 0. The number of rotatable bonds is 6. The van der Waals surface area contributed by atoms with Crippen LogP contribution in [0.3, 0.4) is 0 Å². The molecule has 0 bridgehead atoms. The topological polar surface area (TPSA) is 93.7 Å². The molecule has 7 nitrogen and oxygen atoms in total. The average molecular weight is 334 g/mol. The summed E-state index contributed by atoms with van der Waals surface area (Å²) in [4.78, 5) is 10.1. The minimum Gasteiger partial charge on any atom is -0.468 e. The molecule has 0 N–H and O–H groups in total. The van der Waals surface area contributed by atoms with E-state index in [1.54, 1.807) is 19.1 Å². The summed E-state index contributed by atoms with van der Waals surface area (Å²) in [7, 11) is -4.14. The van der Waals surface area contributed by atoms with Crippen molar-refractivity contribution < 1.29 is 17.8 Å². The highest BCUT2D eigenvalue weighted by Gasteiger charge is 2.31. The number of terminal acetylenes is 1. The van der Waals surface area contributed by atoms with Crippen LogP contribution in [0.5, 0.6) is 0 Å². The van der Waals surface area contributed by atoms with Crippen LogP contribution in [0, 0.1) is 29.4 Å². The van der Waals surface area contributed by atoms with Gasteiger partial charge in [0.25, 0.3) is 15.7 Å². The maximum absolute atomic E-state index is 12.8. The van der Waals surface area contributed by atoms with Gasteiger partial charge < -0.3 is 4.42 Å². The molecular weight excluding hydrogens is 320 g/mol. The molecule has 0 aliphatic carbocycles. The minimum atomic E-state index is -4.14. The fourth-order valence-electron chi connectivity index (χ4n) is 2.03. The van der Waals surface area contributed by atoms with Gasteiger partial charge in [0.05, 0.1) is 24.3 Å². The van der Waals surface area contributed by atoms with E-state index in [-0.39, 0.29) is 13.1 Å². The maximum atomic E-state index is 12.8. The zero-order chi connectivity index (χ0) is 17.0. The van der Waals surface area contributed by atoms with E-state index in [1.165, 1.54) is 24.5 Å². The Morgan fingerprint density at radius 3 is 2.70 bits per heavy atom. The number of aryl methyl sites for hydroxylation is 1. The number of sulfonamides is 1. The maximum Gasteiger partial charge on any atom is 0.289 e. The van der Waals surface area contributed by atoms with E-state index in [1.807, 2.05) is 0 Å². The number of furan rings is 1. The Hall–Kier alpha value is -2.63. The lowest BCUT2D eigenvalue weighted by atomic mass is 10.2. The van der Waals surface area contributed by atoms with Gasteiger partial charge in [-0.25, -0.2) is 8.42 Å². The number of benzene rings is 1. The van der Waals surface area contributed by atoms with E-state index in [0.717, 1.165) is 4.31 Å². The van der Waals surface area contributed by atoms with Crippen molar-refractivity contribution in [1.82, 2.24) is 4.31 Å². The molecule has 8 heteroatoms. The monoisotopic (exact) mass is 334 g/mol. The van der Waals surface area contributed by atoms with Crippen LogP contribution >= 0.6 is 0 Å². The molecule has 0 aliphatic heterocycles. The lowest BCUT2D eigenvalue weighted by Gasteiger charge is -2.18. The van der Waals surface area contributed by atoms with Crippen LogP contribution in [0.1, 0.15) is 11.3 Å². The zero-order valence-corrected chi connectivity index (χ0v) is 13.1. The normalized spacial score (nSPS) is 11.3. The number of nitrogens with zero attached hydrogens (tertiary/aromatic N) is 2. The van der Waals surface area contributed by atoms with Gasteiger partial charge >= 0.3 is 0 Å². The van der Waals surface area contributed by atoms with Crippen molar-refractivity contribution in [3.63, 3.8) is 0 Å². The predicted molar refractivity (Wildman–Crippen MR) is 83.0 cm³/mol. The van der Waals surface area contributed by atoms with Crippen molar-refractivity contribution in [2.75, 3.05) is 6.54 Å². The van der Waals surface area contributed by atoms with Crippen molar-refractivity contribution in [2.45, 2.75) is 18.4 Å². The van der Waals surface area contributed by atoms with Gasteiger partial charge in [0.2, 0.25) is 0 Å². The Kier molecular flexibility index (Phi) is 4.83. The lowest BCUT2D eigenvalue weighted by Crippen LogP contribution is -2.31. The zero-order valence-electron chi connectivity index (χ0n) is 12.3. The van der Waals surface area contributed by atoms with Crippen LogP contribution in [0.2, 0.25) is 0 Å². The summed E-state index contributed by atoms with van der Waals surface area (Å²) in [5, 5.41) is 11.2. The first kappa shape index (κ1) is 16.7. The molecule has 120 valence electrons. The third-order valence-corrected chi connectivity index (χ3v) is 4.95. The molecule has 2 aromatic rings. The van der Waals surface area contributed by atoms with Crippen molar-refractivity contribution in [1.29, 1.82) is 0 Å². The molecule has 1 heterocycles. The third kappa shape index (κ3) is 3.59. The average Bonchev–Trinajstić information content (AvgIpc) is 2.99. The van der Waals surface area contributed by atoms with Gasteiger partial charge in [0.15, 0.2) is 4.90 Å². The fraction of sp³-hybridized carbons (Fsp3) is 0.200. The first-order chi connectivity index (χ1) is 10.9. The summed E-state index contributed by atoms with van der Waals surface area (Å²) in [5.74, 6) is 2.64. The number of nitro benzene ring substituents is 1. The summed E-state index contributed by atoms with van der Waals surface area (Å²) >= 11 is 0. The minimum absolute atomic E-state index is 0.107. The van der Waals surface area contributed by atoms with Gasteiger partial charge in [0.1, 0.15) is 5.76 Å². The molecule has 1 aromatic heterocycles. The van der Waals surface area contributed by atoms with Crippen LogP contribution < -0.4 is 0 Å². The van der Waals surface area contributed by atoms with E-state index < -0.39 is 25.5 Å². The molecule has 0 amide bonds. The Bertz CT molecular complexity index is 850. The molecule has 0 saturated heterocycles. The van der Waals surface area contributed by atoms with Gasteiger partial charge in [-0.05, 0) is 30.7 Å². The molecule has 0 aliphatic rings. The Morgan fingerprint density at radius 1 is 1.39 bits per heavy atom. The van der Waals surface area contributed by atoms with Gasteiger partial charge in [-0.15, -0.1) is 6.42 Å². The molecule has 2 rings (SSSR count). The summed E-state index contributed by atoms with van der Waals surface area (Å²) in [6.45, 7) is 1.31. The van der Waals surface area contributed by atoms with Crippen molar-refractivity contribution in [3.05, 3.63) is 58.0 Å². The number of nitro groups is 1. The van der Waals surface area contributed by atoms with E-state index in [0.29, 0.717) is 11.3 Å². The standard InChI is InChI=1S/C15H14N2O5S/c1-3-8-16(11-13-5-4-9-22-13)23(20,21)15-7-6-12(2)10-14(15)17(18)19/h1,4-7,9-10H,8,11H2,2H3. The summed E-state index contributed by atoms with van der Waals surface area (Å²) in [5.41, 5.74) is 0.108. The number of hydrogen-bond acceptors (Lipinski definition) is 5. The summed E-state index contributed by atoms with van der Waals surface area (Å²) < 4.78 is 31.6. The predicted octanol–water partition coefficient (Wildman–Crippen LogP) is 2.32. The van der Waals surface area contributed by atoms with Crippen LogP contribution in [0.4, 0.5) is 5.69 Å². The largest absolute Gasteiger partial charge is 0.468 e. The Morgan fingerprint density at radius 2 is 2.13 bits per heavy atom. The molecule has 23 heavy (non-hydrogen) atoms. The second-order valence-corrected chi connectivity index (χ2v) is 6.69. The molecule has 0 saturated carbocycles. The van der Waals surface area contributed by atoms with Crippen molar-refractivity contribution in [2.24, 2.45) is 0 Å².